The van der Waals surface area contributed by atoms with Crippen LogP contribution >= 0.6 is 167 Å². The fourth-order valence-electron chi connectivity index (χ4n) is 1.75. The zero-order chi connectivity index (χ0) is 33.0. The molecular formula is C22H19Cl5I5KN8O2. The molecule has 10 nitrogen and oxygen atoms in total. The molecule has 43 heavy (non-hydrogen) atoms. The van der Waals surface area contributed by atoms with Gasteiger partial charge in [0, 0.05) is 27.4 Å². The van der Waals surface area contributed by atoms with Gasteiger partial charge in [0.15, 0.2) is 0 Å². The third-order valence-electron chi connectivity index (χ3n) is 3.31. The summed E-state index contributed by atoms with van der Waals surface area (Å²) in [6.45, 7) is 0.972. The van der Waals surface area contributed by atoms with Crippen LogP contribution in [0.15, 0.2) is 48.5 Å². The van der Waals surface area contributed by atoms with E-state index in [0.717, 1.165) is 21.2 Å². The topological polar surface area (TPSA) is 196 Å². The second-order valence-electron chi connectivity index (χ2n) is 6.51. The van der Waals surface area contributed by atoms with Gasteiger partial charge in [-0.25, -0.2) is 19.9 Å². The first-order valence-corrected chi connectivity index (χ1v) is 18.7. The molecule has 0 unspecified atom stereocenters. The Bertz CT molecular complexity index is 1300. The van der Waals surface area contributed by atoms with Crippen LogP contribution in [0.25, 0.3) is 0 Å². The molecule has 0 aliphatic rings. The number of carboxylic acids is 1. The van der Waals surface area contributed by atoms with Crippen molar-refractivity contribution in [1.82, 2.24) is 19.9 Å². The Hall–Kier alpha value is 2.01. The Balaban J connectivity index is -0.000000465. The van der Waals surface area contributed by atoms with Crippen molar-refractivity contribution in [2.75, 3.05) is 22.9 Å². The monoisotopic (exact) mass is 1280 g/mol. The quantitative estimate of drug-likeness (QED) is 0.106. The largest absolute Gasteiger partial charge is 1.00 e. The fraction of sp³-hybridized carbons (Fsp3) is 0.0455. The summed E-state index contributed by atoms with van der Waals surface area (Å²) in [6.07, 6.45) is 0. The summed E-state index contributed by atoms with van der Waals surface area (Å²) in [7, 11) is 4.61. The molecule has 4 aromatic heterocycles. The van der Waals surface area contributed by atoms with Crippen molar-refractivity contribution in [1.29, 1.82) is 0 Å². The van der Waals surface area contributed by atoms with Gasteiger partial charge in [0.05, 0.1) is 14.3 Å². The molecule has 4 aromatic rings. The summed E-state index contributed by atoms with van der Waals surface area (Å²) in [4.78, 5) is 24.1. The first kappa shape index (κ1) is 49.4. The number of carbonyl (C=O) groups excluding carboxylic acids is 1. The van der Waals surface area contributed by atoms with Gasteiger partial charge in [-0.3, -0.25) is 0 Å². The molecule has 4 heterocycles. The molecule has 0 aliphatic heterocycles. The normalized spacial score (nSPS) is 8.72. The van der Waals surface area contributed by atoms with Gasteiger partial charge in [0.2, 0.25) is 0 Å². The molecule has 230 valence electrons. The Morgan fingerprint density at radius 1 is 0.651 bits per heavy atom. The third-order valence-corrected chi connectivity index (χ3v) is 8.42. The van der Waals surface area contributed by atoms with Gasteiger partial charge in [0.1, 0.15) is 43.9 Å². The number of nitrogen functional groups attached to an aromatic ring is 4. The Morgan fingerprint density at radius 2 is 1.09 bits per heavy atom. The van der Waals surface area contributed by atoms with Crippen LogP contribution in [-0.2, 0) is 4.79 Å². The van der Waals surface area contributed by atoms with Crippen LogP contribution in [0.1, 0.15) is 6.92 Å². The molecule has 0 fully saturated rings. The van der Waals surface area contributed by atoms with Crippen molar-refractivity contribution in [2.24, 2.45) is 0 Å². The summed E-state index contributed by atoms with van der Waals surface area (Å²) in [5.41, 5.74) is 21.5. The van der Waals surface area contributed by atoms with E-state index in [1.807, 2.05) is 18.2 Å². The van der Waals surface area contributed by atoms with E-state index < -0.39 is 5.97 Å². The Kier molecular flexibility index (Phi) is 33.3. The van der Waals surface area contributed by atoms with Gasteiger partial charge in [-0.2, -0.15) is 0 Å². The van der Waals surface area contributed by atoms with Gasteiger partial charge < -0.3 is 32.8 Å². The summed E-state index contributed by atoms with van der Waals surface area (Å²) in [5, 5.41) is 10.7. The van der Waals surface area contributed by atoms with E-state index in [1.54, 1.807) is 51.8 Å². The van der Waals surface area contributed by atoms with Crippen molar-refractivity contribution in [3.05, 3.63) is 83.4 Å². The van der Waals surface area contributed by atoms with Crippen molar-refractivity contribution >= 4 is 196 Å². The number of halogens is 10. The molecule has 0 aliphatic carbocycles. The average Bonchev–Trinajstić information content (AvgIpc) is 2.90. The molecule has 0 saturated heterocycles. The van der Waals surface area contributed by atoms with Crippen molar-refractivity contribution in [3.8, 4) is 0 Å². The molecule has 0 atom stereocenters. The summed E-state index contributed by atoms with van der Waals surface area (Å²) < 4.78 is 3.71. The van der Waals surface area contributed by atoms with E-state index in [9.17, 15) is 0 Å². The van der Waals surface area contributed by atoms with Crippen LogP contribution in [0.4, 0.5) is 23.3 Å². The molecule has 0 saturated carbocycles. The van der Waals surface area contributed by atoms with Crippen molar-refractivity contribution in [3.63, 3.8) is 0 Å². The first-order chi connectivity index (χ1) is 19.5. The van der Waals surface area contributed by atoms with E-state index in [4.69, 9.17) is 79.2 Å². The minimum Gasteiger partial charge on any atom is -0.550 e. The molecule has 8 N–H and O–H groups in total. The fourth-order valence-corrected chi connectivity index (χ4v) is 4.44. The van der Waals surface area contributed by atoms with E-state index in [1.165, 1.54) is 0 Å². The number of nitrogens with zero attached hydrogens (tertiary/aromatic N) is 4. The maximum Gasteiger partial charge on any atom is 1.00 e. The number of pyridine rings is 4. The number of hydrogen-bond acceptors (Lipinski definition) is 10. The third kappa shape index (κ3) is 26.6. The first-order valence-electron chi connectivity index (χ1n) is 10.1. The number of nitrogens with two attached hydrogens (primary N) is 4. The maximum absolute atomic E-state index is 8.89. The second-order valence-corrected chi connectivity index (χ2v) is 12.7. The van der Waals surface area contributed by atoms with Crippen LogP contribution < -0.4 is 79.4 Å². The molecule has 4 rings (SSSR count). The minimum absolute atomic E-state index is 0. The number of rotatable bonds is 0. The summed E-state index contributed by atoms with van der Waals surface area (Å²) in [5.74, 6) is 0.812. The number of aromatic nitrogens is 4. The van der Waals surface area contributed by atoms with E-state index in [2.05, 4.69) is 119 Å². The number of aliphatic carboxylic acids is 1. The average molecular weight is 1280 g/mol. The zero-order valence-corrected chi connectivity index (χ0v) is 39.5. The smallest absolute Gasteiger partial charge is 0.550 e. The summed E-state index contributed by atoms with van der Waals surface area (Å²) in [6, 6.07) is 14.1. The number of carboxylic acid groups (broad SMARTS) is 1. The second kappa shape index (κ2) is 29.0. The van der Waals surface area contributed by atoms with Gasteiger partial charge in [-0.05, 0) is 149 Å². The van der Waals surface area contributed by atoms with Crippen LogP contribution in [0.2, 0.25) is 20.6 Å². The van der Waals surface area contributed by atoms with Gasteiger partial charge in [-0.15, -0.1) is 0 Å². The van der Waals surface area contributed by atoms with Gasteiger partial charge >= 0.3 is 51.4 Å². The molecule has 0 amide bonds. The molecule has 0 aromatic carbocycles. The van der Waals surface area contributed by atoms with Gasteiger partial charge in [-0.1, -0.05) is 52.5 Å². The molecule has 21 heteroatoms. The standard InChI is InChI=1S/C5H3ClI2N2.2C5H4ClIN2.C5H5ClN2.C2H4O2.ClI.K/c6-4-2(7)1-3(8)5(9)10-4;6-5-3(7)1-2-4(8)9-5;6-4-2-1-3(7)5(8)9-4;6-4-2-1-3-5(7)8-4;1-2(3)4;1-2;/h1H,(H2,9,10);2*1-2H,(H2,8,9);1-3H,(H2,7,8);1H3,(H,3,4);;/q;;;;;;+1/p-1. The van der Waals surface area contributed by atoms with Crippen molar-refractivity contribution < 1.29 is 61.3 Å². The molecular weight excluding hydrogens is 1260 g/mol. The molecule has 0 radical (unpaired) electrons. The zero-order valence-electron chi connectivity index (χ0n) is 21.8. The van der Waals surface area contributed by atoms with Gasteiger partial charge in [0.25, 0.3) is 0 Å². The SMILES string of the molecule is CC(=O)[O-].ClI.Nc1ccc(I)c(Cl)n1.Nc1cccc(Cl)n1.Nc1nc(Cl)c(I)cc1I.Nc1nc(Cl)ccc1I.[K+]. The van der Waals surface area contributed by atoms with Crippen LogP contribution in [0, 0.1) is 14.3 Å². The number of carbonyl (C=O) groups is 1. The van der Waals surface area contributed by atoms with E-state index in [-0.39, 0.29) is 51.4 Å². The van der Waals surface area contributed by atoms with Crippen LogP contribution in [0.5, 0.6) is 0 Å². The number of hydrogen-bond donors (Lipinski definition) is 4. The predicted molar refractivity (Wildman–Crippen MR) is 216 cm³/mol. The van der Waals surface area contributed by atoms with Crippen LogP contribution in [-0.4, -0.2) is 25.9 Å². The van der Waals surface area contributed by atoms with E-state index in [0.29, 0.717) is 43.9 Å². The molecule has 0 spiro atoms. The van der Waals surface area contributed by atoms with Crippen molar-refractivity contribution in [2.45, 2.75) is 6.92 Å². The van der Waals surface area contributed by atoms with E-state index >= 15 is 0 Å². The summed E-state index contributed by atoms with van der Waals surface area (Å²) >= 11 is 32.3. The Labute approximate surface area is 383 Å². The maximum atomic E-state index is 8.89. The number of anilines is 4. The minimum atomic E-state index is -1.08. The molecule has 0 bridgehead atoms. The Morgan fingerprint density at radius 3 is 1.47 bits per heavy atom. The van der Waals surface area contributed by atoms with Crippen LogP contribution in [0.3, 0.4) is 0 Å². The predicted octanol–water partition coefficient (Wildman–Crippen LogP) is 5.02.